The average molecular weight is 234 g/mol. The Morgan fingerprint density at radius 2 is 1.88 bits per heavy atom. The van der Waals surface area contributed by atoms with E-state index in [0.717, 1.165) is 0 Å². The lowest BCUT2D eigenvalue weighted by atomic mass is 10.3. The zero-order valence-corrected chi connectivity index (χ0v) is 9.18. The molecule has 1 heterocycles. The van der Waals surface area contributed by atoms with E-state index in [0.29, 0.717) is 5.69 Å². The lowest BCUT2D eigenvalue weighted by Gasteiger charge is -2.03. The van der Waals surface area contributed by atoms with Gasteiger partial charge in [-0.15, -0.1) is 0 Å². The highest BCUT2D eigenvalue weighted by molar-refractivity contribution is 7.91. The number of hydrogen-bond donors (Lipinski definition) is 1. The molecule has 16 heavy (non-hydrogen) atoms. The van der Waals surface area contributed by atoms with Crippen molar-refractivity contribution in [1.29, 1.82) is 0 Å². The van der Waals surface area contributed by atoms with Gasteiger partial charge in [0.15, 0.2) is 5.03 Å². The normalized spacial score (nSPS) is 11.2. The van der Waals surface area contributed by atoms with Crippen molar-refractivity contribution in [3.05, 3.63) is 48.7 Å². The van der Waals surface area contributed by atoms with Crippen molar-refractivity contribution in [2.45, 2.75) is 9.92 Å². The standard InChI is InChI=1S/C11H10N2O2S/c12-9-4-3-5-10(8-9)16(14,15)11-6-1-2-7-13-11/h1-8H,12H2. The Bertz CT molecular complexity index is 594. The second kappa shape index (κ2) is 3.94. The molecule has 0 amide bonds. The van der Waals surface area contributed by atoms with Crippen molar-refractivity contribution in [3.63, 3.8) is 0 Å². The molecule has 1 aromatic carbocycles. The van der Waals surface area contributed by atoms with E-state index in [4.69, 9.17) is 5.73 Å². The van der Waals surface area contributed by atoms with Crippen LogP contribution in [-0.2, 0) is 9.84 Å². The lowest BCUT2D eigenvalue weighted by Crippen LogP contribution is -2.04. The summed E-state index contributed by atoms with van der Waals surface area (Å²) < 4.78 is 24.1. The van der Waals surface area contributed by atoms with Gasteiger partial charge in [0, 0.05) is 11.9 Å². The first-order chi connectivity index (χ1) is 7.60. The van der Waals surface area contributed by atoms with E-state index in [1.54, 1.807) is 24.3 Å². The summed E-state index contributed by atoms with van der Waals surface area (Å²) in [7, 11) is -3.55. The summed E-state index contributed by atoms with van der Waals surface area (Å²) in [6.45, 7) is 0. The molecule has 0 saturated carbocycles. The molecule has 0 aliphatic heterocycles. The molecule has 0 spiro atoms. The van der Waals surface area contributed by atoms with Crippen LogP contribution < -0.4 is 5.73 Å². The molecule has 0 radical (unpaired) electrons. The summed E-state index contributed by atoms with van der Waals surface area (Å²) in [5.74, 6) is 0. The SMILES string of the molecule is Nc1cccc(S(=O)(=O)c2ccccn2)c1. The fourth-order valence-corrected chi connectivity index (χ4v) is 2.56. The number of nitrogens with two attached hydrogens (primary N) is 1. The van der Waals surface area contributed by atoms with E-state index in [2.05, 4.69) is 4.98 Å². The molecule has 2 aromatic rings. The molecule has 5 heteroatoms. The topological polar surface area (TPSA) is 73.1 Å². The van der Waals surface area contributed by atoms with E-state index >= 15 is 0 Å². The molecule has 1 aromatic heterocycles. The minimum Gasteiger partial charge on any atom is -0.399 e. The molecule has 2 rings (SSSR count). The molecule has 0 unspecified atom stereocenters. The molecular formula is C11H10N2O2S. The maximum Gasteiger partial charge on any atom is 0.223 e. The van der Waals surface area contributed by atoms with Crippen LogP contribution in [0.5, 0.6) is 0 Å². The van der Waals surface area contributed by atoms with Gasteiger partial charge in [0.05, 0.1) is 4.90 Å². The Balaban J connectivity index is 2.56. The highest BCUT2D eigenvalue weighted by Crippen LogP contribution is 2.20. The molecule has 2 N–H and O–H groups in total. The summed E-state index contributed by atoms with van der Waals surface area (Å²) >= 11 is 0. The predicted octanol–water partition coefficient (Wildman–Crippen LogP) is 1.50. The fraction of sp³-hybridized carbons (Fsp3) is 0. The van der Waals surface area contributed by atoms with Gasteiger partial charge < -0.3 is 5.73 Å². The first-order valence-electron chi connectivity index (χ1n) is 4.62. The van der Waals surface area contributed by atoms with Crippen LogP contribution in [0.25, 0.3) is 0 Å². The van der Waals surface area contributed by atoms with Crippen molar-refractivity contribution in [3.8, 4) is 0 Å². The van der Waals surface area contributed by atoms with Crippen molar-refractivity contribution >= 4 is 15.5 Å². The average Bonchev–Trinajstić information content (AvgIpc) is 2.30. The zero-order chi connectivity index (χ0) is 11.6. The van der Waals surface area contributed by atoms with Crippen molar-refractivity contribution in [1.82, 2.24) is 4.98 Å². The van der Waals surface area contributed by atoms with Crippen LogP contribution in [0.4, 0.5) is 5.69 Å². The Labute approximate surface area is 93.7 Å². The predicted molar refractivity (Wildman–Crippen MR) is 60.5 cm³/mol. The van der Waals surface area contributed by atoms with Crippen LogP contribution in [0.3, 0.4) is 0 Å². The monoisotopic (exact) mass is 234 g/mol. The van der Waals surface area contributed by atoms with Crippen LogP contribution >= 0.6 is 0 Å². The molecule has 4 nitrogen and oxygen atoms in total. The molecule has 0 saturated heterocycles. The maximum atomic E-state index is 12.1. The summed E-state index contributed by atoms with van der Waals surface area (Å²) in [5, 5.41) is 0.0283. The van der Waals surface area contributed by atoms with Gasteiger partial charge in [-0.3, -0.25) is 0 Å². The first-order valence-corrected chi connectivity index (χ1v) is 6.11. The molecule has 82 valence electrons. The van der Waals surface area contributed by atoms with Crippen LogP contribution in [0.2, 0.25) is 0 Å². The van der Waals surface area contributed by atoms with Gasteiger partial charge in [-0.1, -0.05) is 12.1 Å². The largest absolute Gasteiger partial charge is 0.399 e. The number of nitrogen functional groups attached to an aromatic ring is 1. The van der Waals surface area contributed by atoms with Crippen molar-refractivity contribution in [2.75, 3.05) is 5.73 Å². The van der Waals surface area contributed by atoms with E-state index in [1.165, 1.54) is 24.4 Å². The number of hydrogen-bond acceptors (Lipinski definition) is 4. The highest BCUT2D eigenvalue weighted by Gasteiger charge is 2.18. The third-order valence-corrected chi connectivity index (χ3v) is 3.75. The lowest BCUT2D eigenvalue weighted by molar-refractivity contribution is 0.592. The number of nitrogens with zero attached hydrogens (tertiary/aromatic N) is 1. The highest BCUT2D eigenvalue weighted by atomic mass is 32.2. The van der Waals surface area contributed by atoms with Crippen LogP contribution in [0.15, 0.2) is 58.6 Å². The minimum atomic E-state index is -3.55. The van der Waals surface area contributed by atoms with Gasteiger partial charge in [-0.05, 0) is 30.3 Å². The van der Waals surface area contributed by atoms with Gasteiger partial charge in [-0.2, -0.15) is 0 Å². The Kier molecular flexibility index (Phi) is 2.62. The van der Waals surface area contributed by atoms with Gasteiger partial charge in [0.1, 0.15) is 0 Å². The van der Waals surface area contributed by atoms with Crippen molar-refractivity contribution in [2.24, 2.45) is 0 Å². The Morgan fingerprint density at radius 1 is 1.06 bits per heavy atom. The molecule has 0 bridgehead atoms. The number of benzene rings is 1. The number of anilines is 1. The van der Waals surface area contributed by atoms with E-state index in [-0.39, 0.29) is 9.92 Å². The third kappa shape index (κ3) is 1.90. The number of sulfone groups is 1. The quantitative estimate of drug-likeness (QED) is 0.799. The zero-order valence-electron chi connectivity index (χ0n) is 8.37. The smallest absolute Gasteiger partial charge is 0.223 e. The minimum absolute atomic E-state index is 0.0283. The van der Waals surface area contributed by atoms with E-state index < -0.39 is 9.84 Å². The summed E-state index contributed by atoms with van der Waals surface area (Å²) in [4.78, 5) is 3.99. The maximum absolute atomic E-state index is 12.1. The molecule has 0 fully saturated rings. The number of aromatic nitrogens is 1. The second-order valence-corrected chi connectivity index (χ2v) is 5.14. The molecule has 0 aliphatic carbocycles. The number of pyridine rings is 1. The molecule has 0 atom stereocenters. The summed E-state index contributed by atoms with van der Waals surface area (Å²) in [6, 6.07) is 10.9. The van der Waals surface area contributed by atoms with Gasteiger partial charge in [0.2, 0.25) is 9.84 Å². The van der Waals surface area contributed by atoms with Gasteiger partial charge in [-0.25, -0.2) is 13.4 Å². The van der Waals surface area contributed by atoms with E-state index in [9.17, 15) is 8.42 Å². The van der Waals surface area contributed by atoms with Crippen molar-refractivity contribution < 1.29 is 8.42 Å². The van der Waals surface area contributed by atoms with Gasteiger partial charge >= 0.3 is 0 Å². The third-order valence-electron chi connectivity index (χ3n) is 2.08. The summed E-state index contributed by atoms with van der Waals surface area (Å²) in [6.07, 6.45) is 1.44. The Morgan fingerprint density at radius 3 is 2.50 bits per heavy atom. The van der Waals surface area contributed by atoms with Crippen LogP contribution in [0.1, 0.15) is 0 Å². The van der Waals surface area contributed by atoms with E-state index in [1.807, 2.05) is 0 Å². The second-order valence-electron chi connectivity index (χ2n) is 3.24. The van der Waals surface area contributed by atoms with Crippen LogP contribution in [0, 0.1) is 0 Å². The fourth-order valence-electron chi connectivity index (χ4n) is 1.31. The summed E-state index contributed by atoms with van der Waals surface area (Å²) in [5.41, 5.74) is 5.96. The number of rotatable bonds is 2. The first kappa shape index (κ1) is 10.6. The van der Waals surface area contributed by atoms with Gasteiger partial charge in [0.25, 0.3) is 0 Å². The molecule has 0 aliphatic rings. The van der Waals surface area contributed by atoms with Crippen LogP contribution in [-0.4, -0.2) is 13.4 Å². The Hall–Kier alpha value is -1.88. The molecular weight excluding hydrogens is 224 g/mol.